The van der Waals surface area contributed by atoms with Gasteiger partial charge in [0, 0.05) is 6.54 Å². The van der Waals surface area contributed by atoms with Crippen LogP contribution in [0.15, 0.2) is 12.1 Å². The first-order valence-corrected chi connectivity index (χ1v) is 6.47. The van der Waals surface area contributed by atoms with Crippen molar-refractivity contribution >= 4 is 30.3 Å². The zero-order chi connectivity index (χ0) is 12.5. The minimum atomic E-state index is -3.40. The van der Waals surface area contributed by atoms with Gasteiger partial charge in [-0.15, -0.1) is 0 Å². The molecule has 7 nitrogen and oxygen atoms in total. The number of benzene rings is 1. The summed E-state index contributed by atoms with van der Waals surface area (Å²) in [5.41, 5.74) is 29.1. The first-order chi connectivity index (χ1) is 7.29. The van der Waals surface area contributed by atoms with Gasteiger partial charge >= 0.3 is 7.59 Å². The highest BCUT2D eigenvalue weighted by Crippen LogP contribution is 2.42. The summed E-state index contributed by atoms with van der Waals surface area (Å²) in [6, 6.07) is 3.16. The van der Waals surface area contributed by atoms with Crippen LogP contribution in [0, 0.1) is 0 Å². The molecule has 0 spiro atoms. The van der Waals surface area contributed by atoms with Crippen molar-refractivity contribution in [2.45, 2.75) is 6.92 Å². The first kappa shape index (κ1) is 12.6. The summed E-state index contributed by atoms with van der Waals surface area (Å²) in [5.74, 6) is 0. The van der Waals surface area contributed by atoms with Crippen molar-refractivity contribution in [1.82, 2.24) is 0 Å². The highest BCUT2D eigenvalue weighted by molar-refractivity contribution is 7.60. The molecule has 0 atom stereocenters. The fourth-order valence-electron chi connectivity index (χ4n) is 1.43. The van der Waals surface area contributed by atoms with Crippen LogP contribution in [0.4, 0.5) is 22.7 Å². The van der Waals surface area contributed by atoms with E-state index < -0.39 is 7.59 Å². The Kier molecular flexibility index (Phi) is 3.32. The van der Waals surface area contributed by atoms with E-state index in [0.29, 0.717) is 17.9 Å². The van der Waals surface area contributed by atoms with Crippen LogP contribution in [0.3, 0.4) is 0 Å². The molecular weight excluding hydrogens is 227 g/mol. The second-order valence-electron chi connectivity index (χ2n) is 3.39. The molecule has 0 saturated heterocycles. The maximum atomic E-state index is 11.6. The summed E-state index contributed by atoms with van der Waals surface area (Å²) in [7, 11) is -3.40. The van der Waals surface area contributed by atoms with Crippen molar-refractivity contribution in [3.8, 4) is 0 Å². The van der Waals surface area contributed by atoms with Gasteiger partial charge in [0.05, 0.1) is 22.7 Å². The summed E-state index contributed by atoms with van der Waals surface area (Å²) in [5, 5.41) is 0. The van der Waals surface area contributed by atoms with E-state index in [1.165, 1.54) is 4.67 Å². The fraction of sp³-hybridized carbons (Fsp3) is 0.250. The summed E-state index contributed by atoms with van der Waals surface area (Å²) >= 11 is 0. The Hall–Kier alpha value is -1.43. The minimum Gasteiger partial charge on any atom is -0.397 e. The average molecular weight is 244 g/mol. The molecule has 8 heteroatoms. The van der Waals surface area contributed by atoms with Crippen LogP contribution in [0.25, 0.3) is 0 Å². The van der Waals surface area contributed by atoms with E-state index in [-0.39, 0.29) is 11.4 Å². The maximum Gasteiger partial charge on any atom is 0.300 e. The van der Waals surface area contributed by atoms with Crippen molar-refractivity contribution in [1.29, 1.82) is 0 Å². The van der Waals surface area contributed by atoms with Crippen molar-refractivity contribution in [2.75, 3.05) is 28.4 Å². The van der Waals surface area contributed by atoms with Gasteiger partial charge in [-0.25, -0.2) is 0 Å². The Morgan fingerprint density at radius 1 is 1.19 bits per heavy atom. The molecule has 1 aromatic carbocycles. The molecule has 0 radical (unpaired) electrons. The van der Waals surface area contributed by atoms with E-state index >= 15 is 0 Å². The predicted molar refractivity (Wildman–Crippen MR) is 68.7 cm³/mol. The smallest absolute Gasteiger partial charge is 0.300 e. The number of hydrogen-bond donors (Lipinski definition) is 5. The van der Waals surface area contributed by atoms with E-state index in [4.69, 9.17) is 28.2 Å². The van der Waals surface area contributed by atoms with Crippen LogP contribution in [-0.2, 0) is 4.57 Å². The number of nitrogens with two attached hydrogens (primary N) is 5. The van der Waals surface area contributed by atoms with Gasteiger partial charge in [0.1, 0.15) is 0 Å². The Labute approximate surface area is 94.1 Å². The Bertz CT molecular complexity index is 442. The Morgan fingerprint density at radius 3 is 2.19 bits per heavy atom. The molecule has 1 rings (SSSR count). The van der Waals surface area contributed by atoms with Crippen molar-refractivity contribution < 1.29 is 4.57 Å². The van der Waals surface area contributed by atoms with Crippen LogP contribution in [0.2, 0.25) is 0 Å². The summed E-state index contributed by atoms with van der Waals surface area (Å²) in [6.45, 7) is 2.12. The van der Waals surface area contributed by atoms with Crippen LogP contribution in [-0.4, -0.2) is 6.54 Å². The summed E-state index contributed by atoms with van der Waals surface area (Å²) in [4.78, 5) is 0. The molecule has 0 heterocycles. The van der Waals surface area contributed by atoms with E-state index in [9.17, 15) is 4.57 Å². The summed E-state index contributed by atoms with van der Waals surface area (Å²) < 4.78 is 13.0. The predicted octanol–water partition coefficient (Wildman–Crippen LogP) is 0.285. The van der Waals surface area contributed by atoms with Gasteiger partial charge < -0.3 is 17.2 Å². The minimum absolute atomic E-state index is 0.234. The van der Waals surface area contributed by atoms with Gasteiger partial charge in [-0.2, -0.15) is 0 Å². The van der Waals surface area contributed by atoms with Gasteiger partial charge in [0.15, 0.2) is 0 Å². The Balaban J connectivity index is 3.33. The lowest BCUT2D eigenvalue weighted by molar-refractivity contribution is 0.573. The van der Waals surface area contributed by atoms with Crippen molar-refractivity contribution in [2.24, 2.45) is 11.0 Å². The van der Waals surface area contributed by atoms with Gasteiger partial charge in [0.25, 0.3) is 0 Å². The molecule has 0 amide bonds. The van der Waals surface area contributed by atoms with E-state index in [2.05, 4.69) is 0 Å². The third-order valence-electron chi connectivity index (χ3n) is 2.25. The van der Waals surface area contributed by atoms with Crippen molar-refractivity contribution in [3.05, 3.63) is 12.1 Å². The monoisotopic (exact) mass is 244 g/mol. The molecule has 0 fully saturated rings. The van der Waals surface area contributed by atoms with Crippen LogP contribution in [0.1, 0.15) is 6.92 Å². The largest absolute Gasteiger partial charge is 0.397 e. The van der Waals surface area contributed by atoms with Crippen LogP contribution < -0.4 is 32.9 Å². The molecule has 0 aliphatic heterocycles. The number of anilines is 4. The van der Waals surface area contributed by atoms with Crippen LogP contribution >= 0.6 is 7.59 Å². The molecule has 0 aliphatic carbocycles. The number of nitrogens with zero attached hydrogens (tertiary/aromatic N) is 1. The quantitative estimate of drug-likeness (QED) is 0.378. The van der Waals surface area contributed by atoms with Gasteiger partial charge in [-0.1, -0.05) is 0 Å². The number of rotatable bonds is 3. The topological polar surface area (TPSA) is 150 Å². The lowest BCUT2D eigenvalue weighted by Crippen LogP contribution is -2.29. The molecule has 0 bridgehead atoms. The molecule has 0 saturated carbocycles. The van der Waals surface area contributed by atoms with Crippen LogP contribution in [0.5, 0.6) is 0 Å². The molecule has 0 aliphatic rings. The standard InChI is InChI=1S/C8H17N6OP/c1-2-14(16(12,13)15)6-4-3-5(9)7(10)8(6)11/h3-4H,2,9-11H2,1H3,(H4,12,13,15). The van der Waals surface area contributed by atoms with Gasteiger partial charge in [0.2, 0.25) is 0 Å². The van der Waals surface area contributed by atoms with E-state index in [1.54, 1.807) is 19.1 Å². The first-order valence-electron chi connectivity index (χ1n) is 4.67. The van der Waals surface area contributed by atoms with Crippen molar-refractivity contribution in [3.63, 3.8) is 0 Å². The third kappa shape index (κ3) is 2.21. The lowest BCUT2D eigenvalue weighted by atomic mass is 10.2. The third-order valence-corrected chi connectivity index (χ3v) is 3.51. The fourth-order valence-corrected chi connectivity index (χ4v) is 2.38. The maximum absolute atomic E-state index is 11.6. The molecule has 90 valence electrons. The van der Waals surface area contributed by atoms with Gasteiger partial charge in [-0.3, -0.25) is 20.2 Å². The zero-order valence-corrected chi connectivity index (χ0v) is 9.95. The average Bonchev–Trinajstić information content (AvgIpc) is 2.17. The zero-order valence-electron chi connectivity index (χ0n) is 9.05. The highest BCUT2D eigenvalue weighted by Gasteiger charge is 2.23. The molecule has 0 unspecified atom stereocenters. The highest BCUT2D eigenvalue weighted by atomic mass is 31.2. The second kappa shape index (κ2) is 4.21. The second-order valence-corrected chi connectivity index (χ2v) is 5.22. The van der Waals surface area contributed by atoms with E-state index in [1.807, 2.05) is 0 Å². The number of hydrogen-bond acceptors (Lipinski definition) is 4. The number of nitrogen functional groups attached to an aromatic ring is 3. The lowest BCUT2D eigenvalue weighted by Gasteiger charge is -2.28. The molecule has 1 aromatic rings. The molecule has 10 N–H and O–H groups in total. The summed E-state index contributed by atoms with van der Waals surface area (Å²) in [6.07, 6.45) is 0. The van der Waals surface area contributed by atoms with Gasteiger partial charge in [-0.05, 0) is 19.1 Å². The molecule has 16 heavy (non-hydrogen) atoms. The normalized spacial score (nSPS) is 11.4. The molecule has 0 aromatic heterocycles. The Morgan fingerprint density at radius 2 is 1.75 bits per heavy atom. The van der Waals surface area contributed by atoms with E-state index in [0.717, 1.165) is 0 Å². The molecular formula is C8H17N6OP. The SMILES string of the molecule is CCN(c1ccc(N)c(N)c1N)P(N)(N)=O.